The van der Waals surface area contributed by atoms with Crippen molar-refractivity contribution in [3.63, 3.8) is 0 Å². The Hall–Kier alpha value is -2.49. The van der Waals surface area contributed by atoms with Gasteiger partial charge in [0.2, 0.25) is 10.0 Å². The van der Waals surface area contributed by atoms with Crippen LogP contribution in [0.3, 0.4) is 0 Å². The van der Waals surface area contributed by atoms with Crippen molar-refractivity contribution in [1.82, 2.24) is 14.1 Å². The first-order valence-electron chi connectivity index (χ1n) is 9.40. The number of hydrogen-bond acceptors (Lipinski definition) is 6. The molecule has 160 valence electrons. The van der Waals surface area contributed by atoms with E-state index in [0.717, 1.165) is 35.6 Å². The van der Waals surface area contributed by atoms with Crippen LogP contribution in [0.5, 0.6) is 11.5 Å². The van der Waals surface area contributed by atoms with Crippen molar-refractivity contribution in [3.05, 3.63) is 41.7 Å². The average Bonchev–Trinajstić information content (AvgIpc) is 3.32. The Morgan fingerprint density at radius 3 is 2.67 bits per heavy atom. The van der Waals surface area contributed by atoms with E-state index in [0.29, 0.717) is 23.1 Å². The van der Waals surface area contributed by atoms with Gasteiger partial charge < -0.3 is 18.8 Å². The van der Waals surface area contributed by atoms with E-state index in [1.165, 1.54) is 6.26 Å². The van der Waals surface area contributed by atoms with Crippen LogP contribution in [0, 0.1) is 0 Å². The molecule has 4 rings (SSSR count). The van der Waals surface area contributed by atoms with E-state index in [1.807, 2.05) is 28.9 Å². The Bertz CT molecular complexity index is 1190. The molecule has 1 N–H and O–H groups in total. The van der Waals surface area contributed by atoms with Gasteiger partial charge in [-0.25, -0.2) is 18.1 Å². The number of rotatable bonds is 6. The van der Waals surface area contributed by atoms with E-state index < -0.39 is 10.0 Å². The molecule has 30 heavy (non-hydrogen) atoms. The Morgan fingerprint density at radius 2 is 1.97 bits per heavy atom. The van der Waals surface area contributed by atoms with Gasteiger partial charge in [0.05, 0.1) is 31.2 Å². The molecule has 10 heteroatoms. The van der Waals surface area contributed by atoms with Gasteiger partial charge in [-0.3, -0.25) is 0 Å². The monoisotopic (exact) mass is 450 g/mol. The lowest BCUT2D eigenvalue weighted by atomic mass is 10.1. The molecule has 0 radical (unpaired) electrons. The van der Waals surface area contributed by atoms with Gasteiger partial charge in [-0.1, -0.05) is 11.6 Å². The Morgan fingerprint density at radius 1 is 1.20 bits per heavy atom. The molecule has 3 heterocycles. The van der Waals surface area contributed by atoms with Gasteiger partial charge in [-0.2, -0.15) is 0 Å². The Kier molecular flexibility index (Phi) is 5.52. The summed E-state index contributed by atoms with van der Waals surface area (Å²) in [5, 5.41) is 0.479. The number of fused-ring (bicyclic) bond motifs is 1. The van der Waals surface area contributed by atoms with Crippen LogP contribution in [-0.4, -0.2) is 57.4 Å². The zero-order valence-corrected chi connectivity index (χ0v) is 18.5. The number of imidazole rings is 1. The first-order chi connectivity index (χ1) is 14.3. The molecule has 1 aliphatic rings. The van der Waals surface area contributed by atoms with Crippen LogP contribution in [0.2, 0.25) is 5.02 Å². The predicted molar refractivity (Wildman–Crippen MR) is 117 cm³/mol. The topological polar surface area (TPSA) is 85.2 Å². The number of sulfonamides is 1. The maximum absolute atomic E-state index is 11.5. The summed E-state index contributed by atoms with van der Waals surface area (Å²) >= 11 is 6.31. The van der Waals surface area contributed by atoms with Crippen molar-refractivity contribution in [1.29, 1.82) is 0 Å². The second-order valence-corrected chi connectivity index (χ2v) is 9.47. The lowest BCUT2D eigenvalue weighted by molar-refractivity contribution is 0.395. The third kappa shape index (κ3) is 4.19. The van der Waals surface area contributed by atoms with Crippen LogP contribution in [0.4, 0.5) is 5.69 Å². The highest BCUT2D eigenvalue weighted by Gasteiger charge is 2.25. The summed E-state index contributed by atoms with van der Waals surface area (Å²) in [7, 11) is -0.0667. The summed E-state index contributed by atoms with van der Waals surface area (Å²) in [4.78, 5) is 6.90. The van der Waals surface area contributed by atoms with Gasteiger partial charge in [-0.15, -0.1) is 0 Å². The smallest absolute Gasteiger partial charge is 0.209 e. The van der Waals surface area contributed by atoms with Crippen molar-refractivity contribution < 1.29 is 17.9 Å². The summed E-state index contributed by atoms with van der Waals surface area (Å²) in [5.74, 6) is 1.16. The number of anilines is 1. The number of ether oxygens (including phenoxy) is 2. The van der Waals surface area contributed by atoms with Crippen molar-refractivity contribution in [2.75, 3.05) is 38.5 Å². The van der Waals surface area contributed by atoms with E-state index in [4.69, 9.17) is 26.1 Å². The van der Waals surface area contributed by atoms with E-state index >= 15 is 0 Å². The minimum atomic E-state index is -3.22. The third-order valence-electron chi connectivity index (χ3n) is 5.13. The number of methoxy groups -OCH3 is 2. The molecule has 3 aromatic rings. The highest BCUT2D eigenvalue weighted by Crippen LogP contribution is 2.38. The Labute approximate surface area is 180 Å². The van der Waals surface area contributed by atoms with Crippen molar-refractivity contribution in [3.8, 4) is 22.8 Å². The molecule has 0 bridgehead atoms. The molecule has 2 aromatic heterocycles. The highest BCUT2D eigenvalue weighted by atomic mass is 35.5. The maximum Gasteiger partial charge on any atom is 0.209 e. The summed E-state index contributed by atoms with van der Waals surface area (Å²) in [6, 6.07) is 7.43. The molecular formula is C20H23ClN4O4S. The SMILES string of the molecule is COc1cc(OC)c(-c2cn3ccc(N4CCC(NS(C)(=O)=O)C4)cc3n2)cc1Cl. The number of halogens is 1. The second-order valence-electron chi connectivity index (χ2n) is 7.29. The first-order valence-corrected chi connectivity index (χ1v) is 11.7. The van der Waals surface area contributed by atoms with Crippen LogP contribution in [-0.2, 0) is 10.0 Å². The number of nitrogens with zero attached hydrogens (tertiary/aromatic N) is 3. The summed E-state index contributed by atoms with van der Waals surface area (Å²) in [5.41, 5.74) is 3.27. The molecular weight excluding hydrogens is 428 g/mol. The van der Waals surface area contributed by atoms with Gasteiger partial charge in [0, 0.05) is 54.9 Å². The fourth-order valence-electron chi connectivity index (χ4n) is 3.75. The molecule has 0 amide bonds. The lowest BCUT2D eigenvalue weighted by Gasteiger charge is -2.18. The minimum absolute atomic E-state index is 0.0859. The zero-order chi connectivity index (χ0) is 21.5. The number of hydrogen-bond donors (Lipinski definition) is 1. The van der Waals surface area contributed by atoms with Crippen molar-refractivity contribution >= 4 is 33.0 Å². The normalized spacial score (nSPS) is 16.9. The quantitative estimate of drug-likeness (QED) is 0.621. The van der Waals surface area contributed by atoms with Crippen molar-refractivity contribution in [2.45, 2.75) is 12.5 Å². The predicted octanol–water partition coefficient (Wildman–Crippen LogP) is 2.80. The first kappa shape index (κ1) is 20.8. The zero-order valence-electron chi connectivity index (χ0n) is 16.9. The van der Waals surface area contributed by atoms with E-state index in [2.05, 4.69) is 9.62 Å². The number of benzene rings is 1. The number of nitrogens with one attached hydrogen (secondary N) is 1. The number of aromatic nitrogens is 2. The van der Waals surface area contributed by atoms with Crippen LogP contribution in [0.25, 0.3) is 16.9 Å². The second kappa shape index (κ2) is 7.98. The summed E-state index contributed by atoms with van der Waals surface area (Å²) in [6.45, 7) is 1.40. The minimum Gasteiger partial charge on any atom is -0.496 e. The van der Waals surface area contributed by atoms with E-state index in [-0.39, 0.29) is 6.04 Å². The van der Waals surface area contributed by atoms with Crippen molar-refractivity contribution in [2.24, 2.45) is 0 Å². The Balaban J connectivity index is 1.63. The standard InChI is InChI=1S/C20H23ClN4O4S/c1-28-18-10-19(29-2)16(21)9-15(18)17-12-25-7-5-14(8-20(25)22-17)24-6-4-13(11-24)23-30(3,26)27/h5,7-10,12-13,23H,4,6,11H2,1-3H3. The molecule has 1 fully saturated rings. The molecule has 1 aromatic carbocycles. The van der Waals surface area contributed by atoms with Crippen LogP contribution in [0.1, 0.15) is 6.42 Å². The molecule has 8 nitrogen and oxygen atoms in total. The number of pyridine rings is 1. The van der Waals surface area contributed by atoms with E-state index in [1.54, 1.807) is 26.4 Å². The average molecular weight is 451 g/mol. The van der Waals surface area contributed by atoms with Gasteiger partial charge in [0.1, 0.15) is 17.1 Å². The van der Waals surface area contributed by atoms with Gasteiger partial charge >= 0.3 is 0 Å². The fourth-order valence-corrected chi connectivity index (χ4v) is 4.79. The third-order valence-corrected chi connectivity index (χ3v) is 6.18. The lowest BCUT2D eigenvalue weighted by Crippen LogP contribution is -2.36. The van der Waals surface area contributed by atoms with E-state index in [9.17, 15) is 8.42 Å². The highest BCUT2D eigenvalue weighted by molar-refractivity contribution is 7.88. The molecule has 0 aliphatic carbocycles. The van der Waals surface area contributed by atoms with Crippen LogP contribution in [0.15, 0.2) is 36.7 Å². The molecule has 0 spiro atoms. The van der Waals surface area contributed by atoms with Gasteiger partial charge in [0.15, 0.2) is 0 Å². The molecule has 0 saturated carbocycles. The summed E-state index contributed by atoms with van der Waals surface area (Å²) in [6.07, 6.45) is 5.81. The van der Waals surface area contributed by atoms with Gasteiger partial charge in [-0.05, 0) is 18.6 Å². The van der Waals surface area contributed by atoms with Gasteiger partial charge in [0.25, 0.3) is 0 Å². The van der Waals surface area contributed by atoms with Crippen LogP contribution < -0.4 is 19.1 Å². The van der Waals surface area contributed by atoms with Crippen LogP contribution >= 0.6 is 11.6 Å². The molecule has 1 atom stereocenters. The largest absolute Gasteiger partial charge is 0.496 e. The fraction of sp³-hybridized carbons (Fsp3) is 0.350. The summed E-state index contributed by atoms with van der Waals surface area (Å²) < 4.78 is 38.3. The molecule has 1 unspecified atom stereocenters. The molecule has 1 saturated heterocycles. The maximum atomic E-state index is 11.5. The molecule has 1 aliphatic heterocycles.